The Morgan fingerprint density at radius 3 is 2.71 bits per heavy atom. The van der Waals surface area contributed by atoms with Crippen LogP contribution >= 0.6 is 11.6 Å². The van der Waals surface area contributed by atoms with Gasteiger partial charge in [0.25, 0.3) is 0 Å². The number of para-hydroxylation sites is 1. The Bertz CT molecular complexity index is 834. The van der Waals surface area contributed by atoms with Gasteiger partial charge in [-0.15, -0.1) is 0 Å². The topological polar surface area (TPSA) is 43.8 Å². The van der Waals surface area contributed by atoms with Gasteiger partial charge < -0.3 is 10.3 Å². The Hall–Kier alpha value is -2.00. The SMILES string of the molecule is CCn1c(-c2cc(C)cc(C)c2N)nc2cccc(Cl)c21. The Balaban J connectivity index is 2.38. The summed E-state index contributed by atoms with van der Waals surface area (Å²) in [5.74, 6) is 0.880. The highest BCUT2D eigenvalue weighted by molar-refractivity contribution is 6.35. The zero-order valence-electron chi connectivity index (χ0n) is 12.4. The highest BCUT2D eigenvalue weighted by Crippen LogP contribution is 2.34. The van der Waals surface area contributed by atoms with Crippen LogP contribution in [0.5, 0.6) is 0 Å². The van der Waals surface area contributed by atoms with Crippen LogP contribution in [-0.2, 0) is 6.54 Å². The van der Waals surface area contributed by atoms with Crippen molar-refractivity contribution in [2.24, 2.45) is 0 Å². The first-order chi connectivity index (χ1) is 10.0. The minimum Gasteiger partial charge on any atom is -0.398 e. The van der Waals surface area contributed by atoms with Crippen molar-refractivity contribution in [2.75, 3.05) is 5.73 Å². The summed E-state index contributed by atoms with van der Waals surface area (Å²) >= 11 is 6.35. The summed E-state index contributed by atoms with van der Waals surface area (Å²) in [5, 5.41) is 0.719. The normalized spacial score (nSPS) is 11.2. The molecule has 3 rings (SSSR count). The van der Waals surface area contributed by atoms with Crippen molar-refractivity contribution in [3.8, 4) is 11.4 Å². The number of nitrogens with zero attached hydrogens (tertiary/aromatic N) is 2. The van der Waals surface area contributed by atoms with E-state index in [0.29, 0.717) is 0 Å². The van der Waals surface area contributed by atoms with Crippen LogP contribution in [0.4, 0.5) is 5.69 Å². The molecule has 108 valence electrons. The zero-order valence-corrected chi connectivity index (χ0v) is 13.2. The summed E-state index contributed by atoms with van der Waals surface area (Å²) in [6, 6.07) is 9.97. The van der Waals surface area contributed by atoms with E-state index in [4.69, 9.17) is 22.3 Å². The van der Waals surface area contributed by atoms with E-state index < -0.39 is 0 Å². The third kappa shape index (κ3) is 2.18. The molecule has 0 aliphatic rings. The molecule has 2 aromatic carbocycles. The lowest BCUT2D eigenvalue weighted by molar-refractivity contribution is 0.796. The molecule has 0 spiro atoms. The summed E-state index contributed by atoms with van der Waals surface area (Å²) in [7, 11) is 0. The second-order valence-electron chi connectivity index (χ2n) is 5.33. The molecule has 0 saturated heterocycles. The first-order valence-corrected chi connectivity index (χ1v) is 7.42. The van der Waals surface area contributed by atoms with Crippen LogP contribution in [0.3, 0.4) is 0 Å². The molecule has 1 aromatic heterocycles. The van der Waals surface area contributed by atoms with Gasteiger partial charge in [-0.3, -0.25) is 0 Å². The molecular formula is C17H18ClN3. The number of hydrogen-bond donors (Lipinski definition) is 1. The molecule has 0 saturated carbocycles. The average Bonchev–Trinajstić information content (AvgIpc) is 2.82. The number of anilines is 1. The van der Waals surface area contributed by atoms with E-state index in [1.807, 2.05) is 25.1 Å². The third-order valence-corrected chi connectivity index (χ3v) is 4.11. The highest BCUT2D eigenvalue weighted by Gasteiger charge is 2.16. The number of aryl methyl sites for hydroxylation is 3. The molecule has 0 unspecified atom stereocenters. The van der Waals surface area contributed by atoms with E-state index in [2.05, 4.69) is 30.5 Å². The Morgan fingerprint density at radius 2 is 2.00 bits per heavy atom. The average molecular weight is 300 g/mol. The quantitative estimate of drug-likeness (QED) is 0.704. The molecule has 4 heteroatoms. The van der Waals surface area contributed by atoms with Crippen molar-refractivity contribution in [1.82, 2.24) is 9.55 Å². The molecule has 1 heterocycles. The van der Waals surface area contributed by atoms with Crippen LogP contribution in [0.1, 0.15) is 18.1 Å². The standard InChI is InChI=1S/C17H18ClN3/c1-4-21-16-13(18)6-5-7-14(16)20-17(21)12-9-10(2)8-11(3)15(12)19/h5-9H,4,19H2,1-3H3. The molecular weight excluding hydrogens is 282 g/mol. The van der Waals surface area contributed by atoms with Crippen LogP contribution in [0.15, 0.2) is 30.3 Å². The third-order valence-electron chi connectivity index (χ3n) is 3.81. The molecule has 0 aliphatic carbocycles. The van der Waals surface area contributed by atoms with Crippen molar-refractivity contribution in [1.29, 1.82) is 0 Å². The number of hydrogen-bond acceptors (Lipinski definition) is 2. The number of nitrogens with two attached hydrogens (primary N) is 1. The number of benzene rings is 2. The second-order valence-corrected chi connectivity index (χ2v) is 5.74. The molecule has 0 aliphatic heterocycles. The van der Waals surface area contributed by atoms with Crippen LogP contribution in [-0.4, -0.2) is 9.55 Å². The van der Waals surface area contributed by atoms with E-state index in [9.17, 15) is 0 Å². The van der Waals surface area contributed by atoms with Crippen LogP contribution in [0, 0.1) is 13.8 Å². The first-order valence-electron chi connectivity index (χ1n) is 7.04. The maximum absolute atomic E-state index is 6.35. The van der Waals surface area contributed by atoms with E-state index in [0.717, 1.165) is 45.2 Å². The molecule has 0 bridgehead atoms. The van der Waals surface area contributed by atoms with E-state index >= 15 is 0 Å². The monoisotopic (exact) mass is 299 g/mol. The summed E-state index contributed by atoms with van der Waals surface area (Å²) in [6.45, 7) is 6.98. The smallest absolute Gasteiger partial charge is 0.143 e. The molecule has 3 aromatic rings. The number of nitrogen functional groups attached to an aromatic ring is 1. The predicted octanol–water partition coefficient (Wildman–Crippen LogP) is 4.58. The fourth-order valence-corrected chi connectivity index (χ4v) is 3.09. The lowest BCUT2D eigenvalue weighted by atomic mass is 10.0. The lowest BCUT2D eigenvalue weighted by Gasteiger charge is -2.12. The number of rotatable bonds is 2. The molecule has 2 N–H and O–H groups in total. The second kappa shape index (κ2) is 5.08. The van der Waals surface area contributed by atoms with Gasteiger partial charge in [0, 0.05) is 17.8 Å². The molecule has 0 amide bonds. The van der Waals surface area contributed by atoms with Crippen molar-refractivity contribution < 1.29 is 0 Å². The summed E-state index contributed by atoms with van der Waals surface area (Å²) < 4.78 is 2.13. The van der Waals surface area contributed by atoms with Gasteiger partial charge >= 0.3 is 0 Å². The van der Waals surface area contributed by atoms with Crippen molar-refractivity contribution >= 4 is 28.3 Å². The largest absolute Gasteiger partial charge is 0.398 e. The Kier molecular flexibility index (Phi) is 3.38. The van der Waals surface area contributed by atoms with Gasteiger partial charge in [0.15, 0.2) is 0 Å². The molecule has 0 atom stereocenters. The van der Waals surface area contributed by atoms with E-state index in [-0.39, 0.29) is 0 Å². The zero-order chi connectivity index (χ0) is 15.1. The van der Waals surface area contributed by atoms with Crippen molar-refractivity contribution in [2.45, 2.75) is 27.3 Å². The van der Waals surface area contributed by atoms with E-state index in [1.165, 1.54) is 5.56 Å². The van der Waals surface area contributed by atoms with Gasteiger partial charge in [-0.2, -0.15) is 0 Å². The molecule has 0 fully saturated rings. The molecule has 3 nitrogen and oxygen atoms in total. The Labute approximate surface area is 129 Å². The van der Waals surface area contributed by atoms with Crippen molar-refractivity contribution in [3.05, 3.63) is 46.5 Å². The molecule has 0 radical (unpaired) electrons. The van der Waals surface area contributed by atoms with Gasteiger partial charge in [0.1, 0.15) is 5.82 Å². The summed E-state index contributed by atoms with van der Waals surface area (Å²) in [4.78, 5) is 4.76. The van der Waals surface area contributed by atoms with Crippen LogP contribution < -0.4 is 5.73 Å². The minimum atomic E-state index is 0.719. The van der Waals surface area contributed by atoms with Gasteiger partial charge in [-0.1, -0.05) is 23.7 Å². The number of imidazole rings is 1. The maximum atomic E-state index is 6.35. The van der Waals surface area contributed by atoms with Crippen LogP contribution in [0.25, 0.3) is 22.4 Å². The van der Waals surface area contributed by atoms with Gasteiger partial charge in [-0.25, -0.2) is 4.98 Å². The fraction of sp³-hybridized carbons (Fsp3) is 0.235. The fourth-order valence-electron chi connectivity index (χ4n) is 2.82. The van der Waals surface area contributed by atoms with E-state index in [1.54, 1.807) is 0 Å². The Morgan fingerprint density at radius 1 is 1.24 bits per heavy atom. The predicted molar refractivity (Wildman–Crippen MR) is 89.7 cm³/mol. The van der Waals surface area contributed by atoms with Gasteiger partial charge in [-0.05, 0) is 50.1 Å². The first kappa shape index (κ1) is 14.0. The molecule has 21 heavy (non-hydrogen) atoms. The highest BCUT2D eigenvalue weighted by atomic mass is 35.5. The number of halogens is 1. The lowest BCUT2D eigenvalue weighted by Crippen LogP contribution is -2.02. The van der Waals surface area contributed by atoms with Crippen molar-refractivity contribution in [3.63, 3.8) is 0 Å². The summed E-state index contributed by atoms with van der Waals surface area (Å²) in [6.07, 6.45) is 0. The minimum absolute atomic E-state index is 0.719. The number of fused-ring (bicyclic) bond motifs is 1. The van der Waals surface area contributed by atoms with Crippen LogP contribution in [0.2, 0.25) is 5.02 Å². The number of aromatic nitrogens is 2. The summed E-state index contributed by atoms with van der Waals surface area (Å²) in [5.41, 5.74) is 12.2. The van der Waals surface area contributed by atoms with Gasteiger partial charge in [0.2, 0.25) is 0 Å². The van der Waals surface area contributed by atoms with Gasteiger partial charge in [0.05, 0.1) is 16.1 Å². The maximum Gasteiger partial charge on any atom is 0.143 e.